The van der Waals surface area contributed by atoms with Gasteiger partial charge in [-0.15, -0.1) is 4.98 Å². The summed E-state index contributed by atoms with van der Waals surface area (Å²) in [5, 5.41) is 61.2. The summed E-state index contributed by atoms with van der Waals surface area (Å²) in [7, 11) is 0. The van der Waals surface area contributed by atoms with E-state index in [2.05, 4.69) is 29.3 Å². The maximum atomic E-state index is 15.4. The molecule has 48 heavy (non-hydrogen) atoms. The molecule has 0 N–H and O–H groups in total. The van der Waals surface area contributed by atoms with E-state index in [1.807, 2.05) is 18.2 Å². The molecule has 0 radical (unpaired) electrons. The highest BCUT2D eigenvalue weighted by Gasteiger charge is 2.44. The predicted molar refractivity (Wildman–Crippen MR) is 159 cm³/mol. The molecule has 0 saturated carbocycles. The number of allylic oxidation sites excluding steroid dienone is 7. The molecule has 2 aliphatic carbocycles. The van der Waals surface area contributed by atoms with E-state index in [0.717, 1.165) is 12.1 Å². The van der Waals surface area contributed by atoms with E-state index in [1.165, 1.54) is 0 Å². The summed E-state index contributed by atoms with van der Waals surface area (Å²) in [4.78, 5) is 20.4. The zero-order chi connectivity index (χ0) is 34.9. The molecule has 2 aromatic heterocycles. The van der Waals surface area contributed by atoms with Crippen molar-refractivity contribution in [2.24, 2.45) is 0 Å². The highest BCUT2D eigenvalue weighted by molar-refractivity contribution is 6.31. The number of hydrogen-bond donors (Lipinski definition) is 0. The second kappa shape index (κ2) is 11.7. The van der Waals surface area contributed by atoms with Gasteiger partial charge in [-0.3, -0.25) is 0 Å². The van der Waals surface area contributed by atoms with Gasteiger partial charge in [-0.2, -0.15) is 21.0 Å². The summed E-state index contributed by atoms with van der Waals surface area (Å²) in [5.74, 6) is -2.51. The van der Waals surface area contributed by atoms with Crippen LogP contribution in [0.4, 0.5) is 14.6 Å². The van der Waals surface area contributed by atoms with Crippen molar-refractivity contribution in [3.8, 4) is 36.4 Å². The van der Waals surface area contributed by atoms with Crippen LogP contribution in [0.2, 0.25) is 0 Å². The van der Waals surface area contributed by atoms with Gasteiger partial charge in [0.25, 0.3) is 17.2 Å². The Morgan fingerprint density at radius 3 is 1.67 bits per heavy atom. The molecule has 0 unspecified atom stereocenters. The van der Waals surface area contributed by atoms with Crippen LogP contribution >= 0.6 is 0 Å². The Hall–Kier alpha value is -8.76. The summed E-state index contributed by atoms with van der Waals surface area (Å²) in [6, 6.07) is 12.5. The third-order valence-electron chi connectivity index (χ3n) is 7.29. The largest absolute Gasteiger partial charge is 0.361 e. The van der Waals surface area contributed by atoms with Crippen molar-refractivity contribution in [3.63, 3.8) is 0 Å². The van der Waals surface area contributed by atoms with Crippen LogP contribution in [0.25, 0.3) is 52.9 Å². The molecule has 0 spiro atoms. The van der Waals surface area contributed by atoms with Gasteiger partial charge in [0.2, 0.25) is 5.70 Å². The van der Waals surface area contributed by atoms with E-state index < -0.39 is 90.0 Å². The van der Waals surface area contributed by atoms with Gasteiger partial charge in [0.1, 0.15) is 29.7 Å². The fraction of sp³-hybridized carbons (Fsp3) is 0. The van der Waals surface area contributed by atoms with Gasteiger partial charge in [0.15, 0.2) is 12.0 Å². The van der Waals surface area contributed by atoms with Crippen molar-refractivity contribution >= 4 is 39.4 Å². The zero-order valence-corrected chi connectivity index (χ0v) is 23.4. The third-order valence-corrected chi connectivity index (χ3v) is 7.29. The fourth-order valence-electron chi connectivity index (χ4n) is 5.58. The molecule has 1 aromatic carbocycles. The molecule has 0 saturated heterocycles. The molecule has 12 nitrogen and oxygen atoms in total. The van der Waals surface area contributed by atoms with Crippen molar-refractivity contribution in [1.82, 2.24) is 9.97 Å². The molecule has 3 aromatic rings. The molecule has 0 atom stereocenters. The Labute approximate surface area is 269 Å². The van der Waals surface area contributed by atoms with Crippen LogP contribution in [0.5, 0.6) is 0 Å². The van der Waals surface area contributed by atoms with Gasteiger partial charge < -0.3 is 4.85 Å². The van der Waals surface area contributed by atoms with Crippen LogP contribution in [0.1, 0.15) is 50.2 Å². The lowest BCUT2D eigenvalue weighted by atomic mass is 9.84. The van der Waals surface area contributed by atoms with Crippen molar-refractivity contribution in [3.05, 3.63) is 143 Å². The first kappa shape index (κ1) is 30.7. The highest BCUT2D eigenvalue weighted by Crippen LogP contribution is 2.58. The van der Waals surface area contributed by atoms with Gasteiger partial charge in [-0.1, -0.05) is 6.57 Å². The van der Waals surface area contributed by atoms with Crippen LogP contribution in [-0.4, -0.2) is 9.97 Å². The first-order valence-electron chi connectivity index (χ1n) is 12.7. The van der Waals surface area contributed by atoms with E-state index >= 15 is 8.78 Å². The van der Waals surface area contributed by atoms with E-state index in [0.29, 0.717) is 12.4 Å². The Bertz CT molecular complexity index is 2470. The van der Waals surface area contributed by atoms with Gasteiger partial charge >= 0.3 is 0 Å². The summed E-state index contributed by atoms with van der Waals surface area (Å²) < 4.78 is 30.9. The van der Waals surface area contributed by atoms with Gasteiger partial charge in [0.05, 0.1) is 60.8 Å². The standard InChI is InChI=1S/C34H4F2N12/c1-43-23(11-41)32-26(16-5-15(7-37)47-13-21(16)35)18(8-38)27-19(9-39)29-31(20(10-40)28(27)32)34(46-4)30(33(29)24(12-42)44-2)17-6-25(45-3)48-14-22(17)36/h5-6,13-14H/b32-23-,33-24-. The molecular formula is C34H4F2N12. The molecule has 214 valence electrons. The van der Waals surface area contributed by atoms with Crippen LogP contribution in [0, 0.1) is 106 Å². The lowest BCUT2D eigenvalue weighted by molar-refractivity contribution is 0.617. The quantitative estimate of drug-likeness (QED) is 0.231. The second-order valence-corrected chi connectivity index (χ2v) is 9.36. The van der Waals surface area contributed by atoms with Crippen LogP contribution in [-0.2, 0) is 0 Å². The second-order valence-electron chi connectivity index (χ2n) is 9.36. The summed E-state index contributed by atoms with van der Waals surface area (Å²) in [6.45, 7) is 30.8. The molecule has 14 heteroatoms. The molecule has 5 rings (SSSR count). The molecule has 0 aliphatic heterocycles. The van der Waals surface area contributed by atoms with Crippen molar-refractivity contribution in [2.75, 3.05) is 0 Å². The smallest absolute Gasteiger partial charge is 0.270 e. The minimum Gasteiger partial charge on any atom is -0.361 e. The number of nitriles is 6. The summed E-state index contributed by atoms with van der Waals surface area (Å²) in [6.07, 6.45) is 1.34. The Morgan fingerprint density at radius 2 is 1.17 bits per heavy atom. The zero-order valence-electron chi connectivity index (χ0n) is 23.4. The van der Waals surface area contributed by atoms with E-state index in [9.17, 15) is 31.6 Å². The number of rotatable bonds is 2. The molecule has 0 bridgehead atoms. The van der Waals surface area contributed by atoms with Crippen molar-refractivity contribution < 1.29 is 8.78 Å². The maximum absolute atomic E-state index is 15.4. The molecular weight excluding hydrogens is 614 g/mol. The maximum Gasteiger partial charge on any atom is 0.270 e. The minimum absolute atomic E-state index is 0.321. The van der Waals surface area contributed by atoms with E-state index in [-0.39, 0.29) is 22.6 Å². The van der Waals surface area contributed by atoms with E-state index in [4.69, 9.17) is 26.3 Å². The minimum atomic E-state index is -1.10. The molecule has 2 heterocycles. The number of aromatic nitrogens is 2. The number of hydrogen-bond acceptors (Lipinski definition) is 8. The van der Waals surface area contributed by atoms with Gasteiger partial charge in [-0.25, -0.2) is 38.8 Å². The average Bonchev–Trinajstić information content (AvgIpc) is 3.62. The molecule has 2 aliphatic rings. The van der Waals surface area contributed by atoms with Crippen LogP contribution in [0.15, 0.2) is 35.9 Å². The Kier molecular flexibility index (Phi) is 7.50. The SMILES string of the molecule is [C-]#[N+]C1=C(c2cc([N+]#[C-])ncc2F)/C(=C(/C#N)[N+]#[C-])c2c(C#N)c3c(c(C#N)c21)/C(=C(/C#N)[N+]#[C-])C(c1cc(C#N)ncc1F)=C3C#N. The number of benzene rings is 1. The third kappa shape index (κ3) is 4.10. The lowest BCUT2D eigenvalue weighted by Gasteiger charge is -2.16. The topological polar surface area (TPSA) is 186 Å². The Morgan fingerprint density at radius 1 is 0.625 bits per heavy atom. The summed E-state index contributed by atoms with van der Waals surface area (Å²) in [5.41, 5.74) is -8.23. The average molecular weight is 618 g/mol. The summed E-state index contributed by atoms with van der Waals surface area (Å²) >= 11 is 0. The first-order chi connectivity index (χ1) is 23.2. The molecule has 0 fully saturated rings. The van der Waals surface area contributed by atoms with Crippen molar-refractivity contribution in [1.29, 1.82) is 31.6 Å². The normalized spacial score (nSPS) is 14.2. The number of fused-ring (bicyclic) bond motifs is 2. The van der Waals surface area contributed by atoms with Gasteiger partial charge in [0, 0.05) is 33.4 Å². The monoisotopic (exact) mass is 618 g/mol. The number of nitrogens with zero attached hydrogens (tertiary/aromatic N) is 12. The van der Waals surface area contributed by atoms with Crippen LogP contribution in [0.3, 0.4) is 0 Å². The Balaban J connectivity index is 2.15. The molecule has 0 amide bonds. The highest BCUT2D eigenvalue weighted by atomic mass is 19.1. The van der Waals surface area contributed by atoms with E-state index in [1.54, 1.807) is 18.2 Å². The fourth-order valence-corrected chi connectivity index (χ4v) is 5.58. The first-order valence-corrected chi connectivity index (χ1v) is 12.7. The van der Waals surface area contributed by atoms with Crippen LogP contribution < -0.4 is 0 Å². The predicted octanol–water partition coefficient (Wildman–Crippen LogP) is 6.48. The lowest BCUT2D eigenvalue weighted by Crippen LogP contribution is -2.04. The van der Waals surface area contributed by atoms with Crippen molar-refractivity contribution in [2.45, 2.75) is 0 Å². The van der Waals surface area contributed by atoms with Gasteiger partial charge in [-0.05, 0) is 34.4 Å². The number of pyridine rings is 2. The number of halogens is 2.